The van der Waals surface area contributed by atoms with Crippen LogP contribution in [0.1, 0.15) is 10.4 Å². The second kappa shape index (κ2) is 8.05. The van der Waals surface area contributed by atoms with E-state index < -0.39 is 12.2 Å². The Kier molecular flexibility index (Phi) is 5.42. The Hall–Kier alpha value is -3.37. The van der Waals surface area contributed by atoms with Crippen LogP contribution in [0.5, 0.6) is 17.2 Å². The van der Waals surface area contributed by atoms with Crippen LogP contribution in [-0.2, 0) is 7.05 Å². The van der Waals surface area contributed by atoms with Crippen LogP contribution in [0.15, 0.2) is 42.6 Å². The van der Waals surface area contributed by atoms with Gasteiger partial charge in [0.1, 0.15) is 12.4 Å². The lowest BCUT2D eigenvalue weighted by atomic mass is 10.1. The summed E-state index contributed by atoms with van der Waals surface area (Å²) in [6.45, 7) is 0.607. The largest absolute Gasteiger partial charge is 0.586 e. The number of nitrogens with zero attached hydrogens (tertiary/aromatic N) is 2. The topological polar surface area (TPSA) is 101 Å². The molecule has 1 amide bonds. The summed E-state index contributed by atoms with van der Waals surface area (Å²) in [7, 11) is 1.72. The van der Waals surface area contributed by atoms with Crippen LogP contribution in [0.2, 0.25) is 5.02 Å². The minimum Gasteiger partial charge on any atom is -0.492 e. The van der Waals surface area contributed by atoms with Crippen molar-refractivity contribution >= 4 is 23.2 Å². The van der Waals surface area contributed by atoms with Crippen molar-refractivity contribution in [2.24, 2.45) is 12.8 Å². The lowest BCUT2D eigenvalue weighted by molar-refractivity contribution is -0.286. The molecule has 3 N–H and O–H groups in total. The smallest absolute Gasteiger partial charge is 0.492 e. The molecule has 0 fully saturated rings. The molecular weight excluding hydrogens is 434 g/mol. The number of fused-ring (bicyclic) bond motifs is 1. The van der Waals surface area contributed by atoms with Gasteiger partial charge in [-0.15, -0.1) is 8.78 Å². The van der Waals surface area contributed by atoms with Crippen LogP contribution in [0.4, 0.5) is 14.5 Å². The third kappa shape index (κ3) is 4.25. The third-order valence-corrected chi connectivity index (χ3v) is 4.70. The highest BCUT2D eigenvalue weighted by atomic mass is 35.5. The van der Waals surface area contributed by atoms with Crippen molar-refractivity contribution in [3.8, 4) is 28.5 Å². The highest BCUT2D eigenvalue weighted by molar-refractivity contribution is 6.33. The first-order valence-electron chi connectivity index (χ1n) is 9.13. The fourth-order valence-electron chi connectivity index (χ4n) is 3.09. The number of anilines is 1. The Bertz CT molecular complexity index is 1130. The molecule has 0 aliphatic carbocycles. The van der Waals surface area contributed by atoms with Gasteiger partial charge in [0.05, 0.1) is 16.9 Å². The van der Waals surface area contributed by atoms with Gasteiger partial charge in [-0.1, -0.05) is 11.6 Å². The second-order valence-corrected chi connectivity index (χ2v) is 7.00. The van der Waals surface area contributed by atoms with Crippen LogP contribution in [0.25, 0.3) is 11.3 Å². The number of ether oxygens (including phenoxy) is 3. The van der Waals surface area contributed by atoms with Gasteiger partial charge >= 0.3 is 6.29 Å². The van der Waals surface area contributed by atoms with E-state index >= 15 is 0 Å². The van der Waals surface area contributed by atoms with Gasteiger partial charge in [0.2, 0.25) is 0 Å². The van der Waals surface area contributed by atoms with Crippen LogP contribution in [-0.4, -0.2) is 35.1 Å². The van der Waals surface area contributed by atoms with Crippen molar-refractivity contribution in [2.75, 3.05) is 18.5 Å². The highest BCUT2D eigenvalue weighted by Crippen LogP contribution is 2.41. The fraction of sp³-hybridized carbons (Fsp3) is 0.200. The van der Waals surface area contributed by atoms with Gasteiger partial charge in [-0.2, -0.15) is 5.10 Å². The van der Waals surface area contributed by atoms with Crippen molar-refractivity contribution in [1.29, 1.82) is 0 Å². The van der Waals surface area contributed by atoms with Gasteiger partial charge in [0.25, 0.3) is 5.91 Å². The molecule has 1 aromatic heterocycles. The Morgan fingerprint density at radius 1 is 1.26 bits per heavy atom. The van der Waals surface area contributed by atoms with Crippen LogP contribution >= 0.6 is 11.6 Å². The SMILES string of the molecule is Cn1ncc(Cl)c1-c1cc(NC(=O)c2ccc3c(c2)OC(F)(F)O3)ccc1OCCN. The minimum atomic E-state index is -3.76. The number of benzene rings is 2. The van der Waals surface area contributed by atoms with E-state index in [1.165, 1.54) is 24.4 Å². The Morgan fingerprint density at radius 2 is 2.03 bits per heavy atom. The molecule has 0 radical (unpaired) electrons. The summed E-state index contributed by atoms with van der Waals surface area (Å²) in [5, 5.41) is 7.25. The van der Waals surface area contributed by atoms with E-state index in [1.54, 1.807) is 29.9 Å². The number of alkyl halides is 2. The molecule has 0 bridgehead atoms. The number of aromatic nitrogens is 2. The van der Waals surface area contributed by atoms with E-state index in [9.17, 15) is 13.6 Å². The summed E-state index contributed by atoms with van der Waals surface area (Å²) < 4.78 is 42.4. The van der Waals surface area contributed by atoms with Crippen LogP contribution < -0.4 is 25.3 Å². The molecule has 3 aromatic rings. The standard InChI is InChI=1S/C20H17ClF2N4O4/c1-27-18(14(21)10-25-27)13-9-12(3-5-15(13)29-7-6-24)26-19(28)11-2-4-16-17(8-11)31-20(22,23)30-16/h2-5,8-10H,6-7,24H2,1H3,(H,26,28). The Labute approximate surface area is 180 Å². The number of halogens is 3. The molecule has 8 nitrogen and oxygen atoms in total. The number of nitrogens with one attached hydrogen (secondary N) is 1. The summed E-state index contributed by atoms with van der Waals surface area (Å²) in [6.07, 6.45) is -2.26. The van der Waals surface area contributed by atoms with Crippen LogP contribution in [0, 0.1) is 0 Å². The molecule has 4 rings (SSSR count). The average molecular weight is 451 g/mol. The second-order valence-electron chi connectivity index (χ2n) is 6.60. The molecule has 2 aromatic carbocycles. The summed E-state index contributed by atoms with van der Waals surface area (Å²) in [5.74, 6) is -0.375. The normalized spacial score (nSPS) is 13.8. The molecule has 0 unspecified atom stereocenters. The maximum Gasteiger partial charge on any atom is 0.586 e. The van der Waals surface area contributed by atoms with E-state index in [-0.39, 0.29) is 23.7 Å². The Balaban J connectivity index is 1.62. The van der Waals surface area contributed by atoms with Crippen molar-refractivity contribution in [1.82, 2.24) is 9.78 Å². The molecule has 162 valence electrons. The lowest BCUT2D eigenvalue weighted by Gasteiger charge is -2.14. The maximum absolute atomic E-state index is 13.2. The zero-order chi connectivity index (χ0) is 22.2. The third-order valence-electron chi connectivity index (χ3n) is 4.43. The lowest BCUT2D eigenvalue weighted by Crippen LogP contribution is -2.25. The summed E-state index contributed by atoms with van der Waals surface area (Å²) in [5.41, 5.74) is 7.27. The van der Waals surface area contributed by atoms with Crippen LogP contribution in [0.3, 0.4) is 0 Å². The highest BCUT2D eigenvalue weighted by Gasteiger charge is 2.43. The molecule has 2 heterocycles. The maximum atomic E-state index is 13.2. The van der Waals surface area contributed by atoms with Gasteiger partial charge in [-0.3, -0.25) is 9.48 Å². The Morgan fingerprint density at radius 3 is 2.74 bits per heavy atom. The zero-order valence-corrected chi connectivity index (χ0v) is 17.0. The number of aryl methyl sites for hydroxylation is 1. The van der Waals surface area contributed by atoms with Gasteiger partial charge in [-0.05, 0) is 36.4 Å². The van der Waals surface area contributed by atoms with Gasteiger partial charge in [-0.25, -0.2) is 0 Å². The molecular formula is C20H17ClF2N4O4. The van der Waals surface area contributed by atoms with E-state index in [0.717, 1.165) is 0 Å². The number of hydrogen-bond donors (Lipinski definition) is 2. The molecule has 0 spiro atoms. The van der Waals surface area contributed by atoms with E-state index in [2.05, 4.69) is 19.9 Å². The number of carbonyl (C=O) groups is 1. The number of amides is 1. The summed E-state index contributed by atoms with van der Waals surface area (Å²) in [6, 6.07) is 8.77. The summed E-state index contributed by atoms with van der Waals surface area (Å²) >= 11 is 6.28. The number of rotatable bonds is 6. The molecule has 0 saturated heterocycles. The first-order chi connectivity index (χ1) is 14.8. The minimum absolute atomic E-state index is 0.114. The zero-order valence-electron chi connectivity index (χ0n) is 16.2. The predicted octanol–water partition coefficient (Wildman–Crippen LogP) is 3.65. The number of carbonyl (C=O) groups excluding carboxylic acids is 1. The van der Waals surface area contributed by atoms with Crippen molar-refractivity contribution in [3.63, 3.8) is 0 Å². The number of nitrogens with two attached hydrogens (primary N) is 1. The predicted molar refractivity (Wildman–Crippen MR) is 109 cm³/mol. The first-order valence-corrected chi connectivity index (χ1v) is 9.51. The molecule has 31 heavy (non-hydrogen) atoms. The average Bonchev–Trinajstić information content (AvgIpc) is 3.22. The monoisotopic (exact) mass is 450 g/mol. The molecule has 0 atom stereocenters. The summed E-state index contributed by atoms with van der Waals surface area (Å²) in [4.78, 5) is 12.7. The van der Waals surface area contributed by atoms with Gasteiger partial charge in [0.15, 0.2) is 11.5 Å². The molecule has 0 saturated carbocycles. The van der Waals surface area contributed by atoms with Crippen molar-refractivity contribution < 1.29 is 27.8 Å². The molecule has 1 aliphatic rings. The van der Waals surface area contributed by atoms with E-state index in [0.29, 0.717) is 34.3 Å². The van der Waals surface area contributed by atoms with E-state index in [1.807, 2.05) is 0 Å². The van der Waals surface area contributed by atoms with E-state index in [4.69, 9.17) is 22.1 Å². The fourth-order valence-corrected chi connectivity index (χ4v) is 3.36. The van der Waals surface area contributed by atoms with Gasteiger partial charge in [0, 0.05) is 30.4 Å². The van der Waals surface area contributed by atoms with Gasteiger partial charge < -0.3 is 25.3 Å². The first kappa shape index (κ1) is 20.9. The molecule has 11 heteroatoms. The quantitative estimate of drug-likeness (QED) is 0.594. The number of hydrogen-bond acceptors (Lipinski definition) is 6. The molecule has 1 aliphatic heterocycles. The van der Waals surface area contributed by atoms with Crippen molar-refractivity contribution in [3.05, 3.63) is 53.2 Å². The van der Waals surface area contributed by atoms with Crippen molar-refractivity contribution in [2.45, 2.75) is 6.29 Å².